The van der Waals surface area contributed by atoms with Crippen molar-refractivity contribution in [2.75, 3.05) is 51.8 Å². The fourth-order valence-corrected chi connectivity index (χ4v) is 4.79. The zero-order chi connectivity index (χ0) is 22.1. The molecule has 32 heavy (non-hydrogen) atoms. The number of anilines is 1. The Kier molecular flexibility index (Phi) is 6.30. The lowest BCUT2D eigenvalue weighted by Gasteiger charge is -2.45. The van der Waals surface area contributed by atoms with Crippen molar-refractivity contribution >= 4 is 5.82 Å². The third kappa shape index (κ3) is 4.60. The van der Waals surface area contributed by atoms with Crippen molar-refractivity contribution in [1.82, 2.24) is 20.1 Å². The minimum absolute atomic E-state index is 0.0312. The molecule has 1 atom stereocenters. The van der Waals surface area contributed by atoms with E-state index >= 15 is 0 Å². The molecule has 0 aliphatic carbocycles. The van der Waals surface area contributed by atoms with Crippen LogP contribution in [0, 0.1) is 5.92 Å². The number of nitrogens with one attached hydrogen (secondary N) is 2. The van der Waals surface area contributed by atoms with Gasteiger partial charge in [-0.3, -0.25) is 4.90 Å². The second-order valence-corrected chi connectivity index (χ2v) is 9.00. The first kappa shape index (κ1) is 21.6. The van der Waals surface area contributed by atoms with Gasteiger partial charge in [0.1, 0.15) is 17.8 Å². The van der Waals surface area contributed by atoms with Gasteiger partial charge in [0.15, 0.2) is 0 Å². The van der Waals surface area contributed by atoms with Crippen LogP contribution in [0.25, 0.3) is 0 Å². The number of likely N-dealkylation sites (tertiary alicyclic amines) is 2. The molecule has 1 aromatic rings. The second kappa shape index (κ2) is 9.33. The van der Waals surface area contributed by atoms with Crippen molar-refractivity contribution in [2.45, 2.75) is 37.6 Å². The molecule has 0 radical (unpaired) electrons. The molecule has 3 saturated heterocycles. The highest BCUT2D eigenvalue weighted by atomic mass is 19.3. The number of piperidine rings is 1. The molecule has 1 unspecified atom stereocenters. The van der Waals surface area contributed by atoms with Crippen LogP contribution >= 0.6 is 0 Å². The van der Waals surface area contributed by atoms with Crippen LogP contribution in [0.5, 0.6) is 0 Å². The number of allylic oxidation sites excluding steroid dienone is 2. The van der Waals surface area contributed by atoms with Crippen molar-refractivity contribution in [3.63, 3.8) is 0 Å². The van der Waals surface area contributed by atoms with Crippen molar-refractivity contribution in [2.24, 2.45) is 5.92 Å². The number of ether oxygens (including phenoxy) is 2. The smallest absolute Gasteiger partial charge is 0.264 e. The predicted molar refractivity (Wildman–Crippen MR) is 117 cm³/mol. The highest BCUT2D eigenvalue weighted by molar-refractivity contribution is 5.43. The van der Waals surface area contributed by atoms with Crippen LogP contribution in [-0.2, 0) is 9.47 Å². The van der Waals surface area contributed by atoms with E-state index in [1.165, 1.54) is 23.9 Å². The van der Waals surface area contributed by atoms with Crippen molar-refractivity contribution in [3.8, 4) is 0 Å². The SMILES string of the molecule is COC1CN(C2=CC(C3CCN(C4COC4)CC3)=CC(Nc3cc(C(F)F)ccn3)N2)C1. The summed E-state index contributed by atoms with van der Waals surface area (Å²) in [5.41, 5.74) is 1.27. The second-order valence-electron chi connectivity index (χ2n) is 9.00. The number of hydrogen-bond donors (Lipinski definition) is 2. The first-order valence-electron chi connectivity index (χ1n) is 11.4. The number of aromatic nitrogens is 1. The van der Waals surface area contributed by atoms with Gasteiger partial charge in [0.25, 0.3) is 6.43 Å². The maximum atomic E-state index is 13.1. The monoisotopic (exact) mass is 447 g/mol. The highest BCUT2D eigenvalue weighted by Crippen LogP contribution is 2.32. The molecule has 174 valence electrons. The zero-order valence-electron chi connectivity index (χ0n) is 18.3. The standard InChI is InChI=1S/C23H31F2N5O2/c1-31-19-11-30(12-19)22-10-17(15-3-6-29(7-4-15)18-13-32-14-18)9-21(28-22)27-20-8-16(23(24)25)2-5-26-20/h2,5,8-10,15,18-19,21,23,28H,3-4,6-7,11-14H2,1H3,(H,26,27). The van der Waals surface area contributed by atoms with E-state index < -0.39 is 6.43 Å². The average Bonchev–Trinajstić information content (AvgIpc) is 2.72. The highest BCUT2D eigenvalue weighted by Gasteiger charge is 2.34. The Balaban J connectivity index is 1.30. The van der Waals surface area contributed by atoms with Gasteiger partial charge in [-0.25, -0.2) is 13.8 Å². The number of alkyl halides is 2. The largest absolute Gasteiger partial charge is 0.378 e. The molecular weight excluding hydrogens is 416 g/mol. The zero-order valence-corrected chi connectivity index (χ0v) is 18.3. The molecular formula is C23H31F2N5O2. The van der Waals surface area contributed by atoms with Crippen LogP contribution in [-0.4, -0.2) is 79.6 Å². The normalized spacial score (nSPS) is 25.6. The minimum atomic E-state index is -2.52. The molecule has 5 rings (SSSR count). The fraction of sp³-hybridized carbons (Fsp3) is 0.609. The van der Waals surface area contributed by atoms with Crippen LogP contribution in [0.2, 0.25) is 0 Å². The Labute approximate surface area is 187 Å². The van der Waals surface area contributed by atoms with E-state index in [2.05, 4.69) is 37.6 Å². The van der Waals surface area contributed by atoms with Gasteiger partial charge in [-0.15, -0.1) is 0 Å². The van der Waals surface area contributed by atoms with E-state index in [0.29, 0.717) is 17.8 Å². The third-order valence-electron chi connectivity index (χ3n) is 6.97. The van der Waals surface area contributed by atoms with Gasteiger partial charge in [0.2, 0.25) is 0 Å². The quantitative estimate of drug-likeness (QED) is 0.666. The molecule has 2 N–H and O–H groups in total. The van der Waals surface area contributed by atoms with Crippen molar-refractivity contribution < 1.29 is 18.3 Å². The average molecular weight is 448 g/mol. The van der Waals surface area contributed by atoms with Gasteiger partial charge in [-0.05, 0) is 61.7 Å². The molecule has 0 amide bonds. The molecule has 0 aromatic carbocycles. The summed E-state index contributed by atoms with van der Waals surface area (Å²) in [7, 11) is 1.74. The molecule has 9 heteroatoms. The lowest BCUT2D eigenvalue weighted by Crippen LogP contribution is -2.55. The Morgan fingerprint density at radius 2 is 2.03 bits per heavy atom. The molecule has 7 nitrogen and oxygen atoms in total. The van der Waals surface area contributed by atoms with E-state index in [9.17, 15) is 8.78 Å². The number of nitrogens with zero attached hydrogens (tertiary/aromatic N) is 3. The number of halogens is 2. The molecule has 0 spiro atoms. The lowest BCUT2D eigenvalue weighted by atomic mass is 9.86. The number of methoxy groups -OCH3 is 1. The predicted octanol–water partition coefficient (Wildman–Crippen LogP) is 2.57. The van der Waals surface area contributed by atoms with Gasteiger partial charge in [-0.1, -0.05) is 0 Å². The van der Waals surface area contributed by atoms with E-state index in [1.807, 2.05) is 0 Å². The van der Waals surface area contributed by atoms with Crippen LogP contribution in [0.15, 0.2) is 41.9 Å². The number of dihydropyridines is 1. The van der Waals surface area contributed by atoms with E-state index in [4.69, 9.17) is 9.47 Å². The third-order valence-corrected chi connectivity index (χ3v) is 6.97. The van der Waals surface area contributed by atoms with Gasteiger partial charge in [-0.2, -0.15) is 0 Å². The molecule has 5 heterocycles. The first-order valence-corrected chi connectivity index (χ1v) is 11.4. The molecule has 0 saturated carbocycles. The molecule has 1 aromatic heterocycles. The Hall–Kier alpha value is -2.23. The van der Waals surface area contributed by atoms with Gasteiger partial charge >= 0.3 is 0 Å². The fourth-order valence-electron chi connectivity index (χ4n) is 4.79. The first-order chi connectivity index (χ1) is 15.6. The van der Waals surface area contributed by atoms with Crippen LogP contribution < -0.4 is 10.6 Å². The Morgan fingerprint density at radius 1 is 1.25 bits per heavy atom. The molecule has 3 fully saturated rings. The lowest BCUT2D eigenvalue weighted by molar-refractivity contribution is -0.0725. The van der Waals surface area contributed by atoms with Crippen molar-refractivity contribution in [1.29, 1.82) is 0 Å². The van der Waals surface area contributed by atoms with E-state index in [1.54, 1.807) is 7.11 Å². The molecule has 4 aliphatic heterocycles. The van der Waals surface area contributed by atoms with Gasteiger partial charge in [0.05, 0.1) is 25.4 Å². The van der Waals surface area contributed by atoms with Gasteiger partial charge < -0.3 is 25.0 Å². The van der Waals surface area contributed by atoms with Crippen LogP contribution in [0.4, 0.5) is 14.6 Å². The van der Waals surface area contributed by atoms with Crippen LogP contribution in [0.1, 0.15) is 24.8 Å². The number of pyridine rings is 1. The minimum Gasteiger partial charge on any atom is -0.378 e. The maximum Gasteiger partial charge on any atom is 0.264 e. The molecule has 4 aliphatic rings. The number of rotatable bonds is 7. The summed E-state index contributed by atoms with van der Waals surface area (Å²) in [5, 5.41) is 6.79. The summed E-state index contributed by atoms with van der Waals surface area (Å²) in [6, 6.07) is 3.35. The maximum absolute atomic E-state index is 13.1. The Morgan fingerprint density at radius 3 is 2.69 bits per heavy atom. The van der Waals surface area contributed by atoms with Crippen molar-refractivity contribution in [3.05, 3.63) is 47.4 Å². The van der Waals surface area contributed by atoms with E-state index in [0.717, 1.165) is 58.1 Å². The Bertz CT molecular complexity index is 862. The summed E-state index contributed by atoms with van der Waals surface area (Å²) < 4.78 is 37.0. The summed E-state index contributed by atoms with van der Waals surface area (Å²) in [4.78, 5) is 9.05. The summed E-state index contributed by atoms with van der Waals surface area (Å²) in [5.74, 6) is 1.97. The van der Waals surface area contributed by atoms with Crippen LogP contribution in [0.3, 0.4) is 0 Å². The van der Waals surface area contributed by atoms with Gasteiger partial charge in [0, 0.05) is 32.0 Å². The van der Waals surface area contributed by atoms with E-state index in [-0.39, 0.29) is 17.8 Å². The molecule has 0 bridgehead atoms. The summed E-state index contributed by atoms with van der Waals surface area (Å²) in [6.07, 6.45) is 5.59. The topological polar surface area (TPSA) is 61.9 Å². The number of hydrogen-bond acceptors (Lipinski definition) is 7. The summed E-state index contributed by atoms with van der Waals surface area (Å²) >= 11 is 0. The summed E-state index contributed by atoms with van der Waals surface area (Å²) in [6.45, 7) is 5.56.